The number of anilines is 1. The fourth-order valence-corrected chi connectivity index (χ4v) is 2.56. The Morgan fingerprint density at radius 2 is 1.97 bits per heavy atom. The summed E-state index contributed by atoms with van der Waals surface area (Å²) in [5.41, 5.74) is 4.53. The summed E-state index contributed by atoms with van der Waals surface area (Å²) in [6.45, 7) is 1.94. The molecule has 10 heteroatoms. The van der Waals surface area contributed by atoms with Crippen molar-refractivity contribution in [2.24, 2.45) is 5.10 Å². The van der Waals surface area contributed by atoms with Crippen LogP contribution in [-0.4, -0.2) is 28.2 Å². The van der Waals surface area contributed by atoms with Crippen LogP contribution in [0.2, 0.25) is 0 Å². The van der Waals surface area contributed by atoms with Crippen LogP contribution in [0.25, 0.3) is 0 Å². The quantitative estimate of drug-likeness (QED) is 0.332. The molecule has 0 fully saturated rings. The lowest BCUT2D eigenvalue weighted by Gasteiger charge is -2.11. The van der Waals surface area contributed by atoms with Crippen molar-refractivity contribution in [3.05, 3.63) is 85.8 Å². The molecular formula is C20H19N5O5. The van der Waals surface area contributed by atoms with Gasteiger partial charge >= 0.3 is 0 Å². The molecule has 0 saturated heterocycles. The fourth-order valence-electron chi connectivity index (χ4n) is 2.56. The lowest BCUT2D eigenvalue weighted by Crippen LogP contribution is -2.10. The van der Waals surface area contributed by atoms with Gasteiger partial charge in [0.15, 0.2) is 11.5 Å². The number of ether oxygens (including phenoxy) is 2. The van der Waals surface area contributed by atoms with E-state index in [1.54, 1.807) is 43.5 Å². The predicted octanol–water partition coefficient (Wildman–Crippen LogP) is 3.02. The summed E-state index contributed by atoms with van der Waals surface area (Å²) in [7, 11) is 1.52. The molecule has 3 aromatic rings. The number of nitrogens with one attached hydrogen (secondary N) is 2. The number of nitro groups is 1. The first-order valence-corrected chi connectivity index (χ1v) is 8.86. The summed E-state index contributed by atoms with van der Waals surface area (Å²) in [4.78, 5) is 28.3. The number of hydrogen-bond donors (Lipinski definition) is 2. The molecule has 2 N–H and O–H groups in total. The number of non-ortho nitro benzene ring substituents is 1. The molecule has 30 heavy (non-hydrogen) atoms. The van der Waals surface area contributed by atoms with E-state index in [9.17, 15) is 14.9 Å². The van der Waals surface area contributed by atoms with E-state index >= 15 is 0 Å². The van der Waals surface area contributed by atoms with Crippen molar-refractivity contribution in [2.75, 3.05) is 12.5 Å². The second kappa shape index (κ2) is 9.32. The first-order chi connectivity index (χ1) is 14.4. The maximum absolute atomic E-state index is 11.4. The minimum absolute atomic E-state index is 0.0264. The van der Waals surface area contributed by atoms with Crippen LogP contribution in [-0.2, 0) is 6.61 Å². The molecule has 3 rings (SSSR count). The van der Waals surface area contributed by atoms with E-state index in [4.69, 9.17) is 9.47 Å². The normalized spacial score (nSPS) is 10.7. The molecule has 0 bridgehead atoms. The number of benzene rings is 2. The molecule has 10 nitrogen and oxygen atoms in total. The Hall–Kier alpha value is -4.21. The van der Waals surface area contributed by atoms with E-state index in [1.807, 2.05) is 0 Å². The summed E-state index contributed by atoms with van der Waals surface area (Å²) in [6.07, 6.45) is 1.55. The Bertz CT molecular complexity index is 1130. The number of aryl methyl sites for hydroxylation is 1. The zero-order valence-corrected chi connectivity index (χ0v) is 16.3. The summed E-state index contributed by atoms with van der Waals surface area (Å²) in [5, 5.41) is 14.8. The maximum atomic E-state index is 11.4. The molecule has 0 aliphatic rings. The van der Waals surface area contributed by atoms with Crippen molar-refractivity contribution in [1.82, 2.24) is 9.97 Å². The van der Waals surface area contributed by atoms with E-state index in [-0.39, 0.29) is 23.8 Å². The molecule has 1 heterocycles. The van der Waals surface area contributed by atoms with E-state index < -0.39 is 4.92 Å². The summed E-state index contributed by atoms with van der Waals surface area (Å²) >= 11 is 0. The largest absolute Gasteiger partial charge is 0.493 e. The Balaban J connectivity index is 1.65. The van der Waals surface area contributed by atoms with Crippen molar-refractivity contribution in [2.45, 2.75) is 13.5 Å². The van der Waals surface area contributed by atoms with Gasteiger partial charge in [-0.2, -0.15) is 5.10 Å². The topological polar surface area (TPSA) is 132 Å². The number of nitrogens with zero attached hydrogens (tertiary/aromatic N) is 3. The van der Waals surface area contributed by atoms with Gasteiger partial charge in [-0.3, -0.25) is 19.9 Å². The molecule has 154 valence electrons. The van der Waals surface area contributed by atoms with Gasteiger partial charge in [0, 0.05) is 23.9 Å². The Kier molecular flexibility index (Phi) is 6.38. The van der Waals surface area contributed by atoms with Crippen molar-refractivity contribution < 1.29 is 14.4 Å². The number of H-pyrrole nitrogens is 1. The highest BCUT2D eigenvalue weighted by Gasteiger charge is 2.08. The van der Waals surface area contributed by atoms with Crippen molar-refractivity contribution in [3.8, 4) is 11.5 Å². The van der Waals surface area contributed by atoms with Crippen LogP contribution in [0.15, 0.2) is 58.4 Å². The smallest absolute Gasteiger partial charge is 0.269 e. The van der Waals surface area contributed by atoms with Gasteiger partial charge in [-0.25, -0.2) is 10.4 Å². The summed E-state index contributed by atoms with van der Waals surface area (Å²) < 4.78 is 11.1. The third-order valence-electron chi connectivity index (χ3n) is 3.98. The number of methoxy groups -OCH3 is 1. The molecule has 0 aliphatic heterocycles. The molecule has 0 atom stereocenters. The van der Waals surface area contributed by atoms with Crippen molar-refractivity contribution in [3.63, 3.8) is 0 Å². The van der Waals surface area contributed by atoms with Crippen LogP contribution in [0.4, 0.5) is 11.6 Å². The van der Waals surface area contributed by atoms with Gasteiger partial charge < -0.3 is 9.47 Å². The molecule has 0 radical (unpaired) electrons. The average Bonchev–Trinajstić information content (AvgIpc) is 2.72. The third kappa shape index (κ3) is 5.41. The number of nitro benzene ring substituents is 1. The molecule has 0 spiro atoms. The van der Waals surface area contributed by atoms with Gasteiger partial charge in [0.1, 0.15) is 6.61 Å². The van der Waals surface area contributed by atoms with Crippen molar-refractivity contribution in [1.29, 1.82) is 0 Å². The van der Waals surface area contributed by atoms with Gasteiger partial charge in [0.2, 0.25) is 5.95 Å². The second-order valence-electron chi connectivity index (χ2n) is 6.23. The first kappa shape index (κ1) is 20.5. The number of hydrogen-bond acceptors (Lipinski definition) is 8. The molecule has 0 amide bonds. The molecular weight excluding hydrogens is 390 g/mol. The average molecular weight is 409 g/mol. The molecule has 2 aromatic carbocycles. The minimum atomic E-state index is -0.449. The van der Waals surface area contributed by atoms with E-state index in [1.165, 1.54) is 25.3 Å². The Labute approximate surface area is 171 Å². The molecule has 0 saturated carbocycles. The van der Waals surface area contributed by atoms with E-state index in [2.05, 4.69) is 20.5 Å². The minimum Gasteiger partial charge on any atom is -0.493 e. The highest BCUT2D eigenvalue weighted by molar-refractivity contribution is 5.81. The molecule has 1 aromatic heterocycles. The van der Waals surface area contributed by atoms with Gasteiger partial charge in [-0.05, 0) is 48.4 Å². The van der Waals surface area contributed by atoms with Crippen LogP contribution >= 0.6 is 0 Å². The maximum Gasteiger partial charge on any atom is 0.269 e. The van der Waals surface area contributed by atoms with Gasteiger partial charge in [-0.15, -0.1) is 0 Å². The SMILES string of the molecule is COc1cc(/C=N\Nc2nc(C)cc(=O)[nH]2)ccc1OCc1ccc([N+](=O)[O-])cc1. The standard InChI is InChI=1S/C20H19N5O5/c1-13-9-19(26)23-20(22-13)24-21-11-15-5-8-17(18(10-15)29-2)30-12-14-3-6-16(7-4-14)25(27)28/h3-11H,12H2,1-2H3,(H2,22,23,24,26)/b21-11-. The van der Waals surface area contributed by atoms with Crippen LogP contribution in [0.5, 0.6) is 11.5 Å². The second-order valence-corrected chi connectivity index (χ2v) is 6.23. The fraction of sp³-hybridized carbons (Fsp3) is 0.150. The zero-order chi connectivity index (χ0) is 21.5. The Morgan fingerprint density at radius 1 is 1.20 bits per heavy atom. The summed E-state index contributed by atoms with van der Waals surface area (Å²) in [6, 6.07) is 12.8. The van der Waals surface area contributed by atoms with E-state index in [0.29, 0.717) is 17.2 Å². The van der Waals surface area contributed by atoms with Gasteiger partial charge in [0.05, 0.1) is 18.2 Å². The van der Waals surface area contributed by atoms with Gasteiger partial charge in [0.25, 0.3) is 11.2 Å². The van der Waals surface area contributed by atoms with Crippen LogP contribution in [0.1, 0.15) is 16.8 Å². The number of rotatable bonds is 8. The van der Waals surface area contributed by atoms with Crippen LogP contribution in [0.3, 0.4) is 0 Å². The number of aromatic nitrogens is 2. The third-order valence-corrected chi connectivity index (χ3v) is 3.98. The van der Waals surface area contributed by atoms with E-state index in [0.717, 1.165) is 11.1 Å². The highest BCUT2D eigenvalue weighted by atomic mass is 16.6. The zero-order valence-electron chi connectivity index (χ0n) is 16.3. The monoisotopic (exact) mass is 409 g/mol. The predicted molar refractivity (Wildman–Crippen MR) is 111 cm³/mol. The Morgan fingerprint density at radius 3 is 2.63 bits per heavy atom. The van der Waals surface area contributed by atoms with Crippen LogP contribution < -0.4 is 20.5 Å². The first-order valence-electron chi connectivity index (χ1n) is 8.86. The molecule has 0 aliphatic carbocycles. The van der Waals surface area contributed by atoms with Gasteiger partial charge in [-0.1, -0.05) is 0 Å². The highest BCUT2D eigenvalue weighted by Crippen LogP contribution is 2.28. The van der Waals surface area contributed by atoms with Crippen LogP contribution in [0, 0.1) is 17.0 Å². The number of hydrazone groups is 1. The lowest BCUT2D eigenvalue weighted by atomic mass is 10.2. The summed E-state index contributed by atoms with van der Waals surface area (Å²) in [5.74, 6) is 1.26. The molecule has 0 unspecified atom stereocenters. The lowest BCUT2D eigenvalue weighted by molar-refractivity contribution is -0.384. The number of aromatic amines is 1. The van der Waals surface area contributed by atoms with Crippen molar-refractivity contribution >= 4 is 17.9 Å².